The molecule has 0 bridgehead atoms. The summed E-state index contributed by atoms with van der Waals surface area (Å²) in [7, 11) is 0. The van der Waals surface area contributed by atoms with E-state index in [0.717, 1.165) is 89.9 Å². The minimum atomic E-state index is -1.62. The highest BCUT2D eigenvalue weighted by atomic mass is 16.7. The van der Waals surface area contributed by atoms with Crippen molar-refractivity contribution >= 4 is 11.9 Å². The van der Waals surface area contributed by atoms with Crippen LogP contribution in [0.5, 0.6) is 0 Å². The van der Waals surface area contributed by atoms with Gasteiger partial charge in [0.1, 0.15) is 24.4 Å². The summed E-state index contributed by atoms with van der Waals surface area (Å²) < 4.78 is 17.7. The van der Waals surface area contributed by atoms with E-state index >= 15 is 0 Å². The van der Waals surface area contributed by atoms with Crippen LogP contribution in [-0.2, 0) is 23.8 Å². The number of allylic oxidation sites excluding steroid dienone is 11. The zero-order chi connectivity index (χ0) is 62.4. The molecule has 6 N–H and O–H groups in total. The van der Waals surface area contributed by atoms with Gasteiger partial charge in [0.15, 0.2) is 12.4 Å². The highest BCUT2D eigenvalue weighted by molar-refractivity contribution is 5.80. The molecule has 11 heteroatoms. The van der Waals surface area contributed by atoms with Crippen LogP contribution in [0.4, 0.5) is 0 Å². The summed E-state index contributed by atoms with van der Waals surface area (Å²) in [4.78, 5) is 26.7. The summed E-state index contributed by atoms with van der Waals surface area (Å²) in [6.07, 6.45) is 70.9. The zero-order valence-corrected chi connectivity index (χ0v) is 55.7. The van der Waals surface area contributed by atoms with Crippen LogP contribution in [0.1, 0.15) is 329 Å². The lowest BCUT2D eigenvalue weighted by atomic mass is 9.99. The summed E-state index contributed by atoms with van der Waals surface area (Å²) in [5.74, 6) is -1.20. The van der Waals surface area contributed by atoms with Crippen LogP contribution in [-0.4, -0.2) is 99.6 Å². The van der Waals surface area contributed by atoms with E-state index in [1.807, 2.05) is 6.08 Å². The molecule has 0 aromatic heterocycles. The van der Waals surface area contributed by atoms with Crippen LogP contribution in [0.3, 0.4) is 0 Å². The monoisotopic (exact) mass is 1210 g/mol. The molecule has 0 aliphatic carbocycles. The van der Waals surface area contributed by atoms with Gasteiger partial charge in [0.25, 0.3) is 0 Å². The van der Waals surface area contributed by atoms with Crippen molar-refractivity contribution in [1.29, 1.82) is 0 Å². The number of amides is 1. The molecule has 1 aliphatic heterocycles. The third-order valence-corrected chi connectivity index (χ3v) is 16.8. The molecule has 0 aromatic rings. The number of hydrogen-bond acceptors (Lipinski definition) is 10. The van der Waals surface area contributed by atoms with Crippen LogP contribution in [0.2, 0.25) is 0 Å². The van der Waals surface area contributed by atoms with Crippen molar-refractivity contribution in [3.63, 3.8) is 0 Å². The number of ether oxygens (including phenoxy) is 3. The third-order valence-electron chi connectivity index (χ3n) is 16.8. The molecule has 0 saturated carbocycles. The van der Waals surface area contributed by atoms with Crippen LogP contribution in [0.25, 0.3) is 0 Å². The second-order valence-electron chi connectivity index (χ2n) is 25.0. The Morgan fingerprint density at radius 3 is 1.22 bits per heavy atom. The molecule has 1 saturated heterocycles. The fraction of sp³-hybridized carbons (Fsp3) is 0.813. The van der Waals surface area contributed by atoms with Gasteiger partial charge >= 0.3 is 5.97 Å². The Morgan fingerprint density at radius 2 is 0.802 bits per heavy atom. The second-order valence-corrected chi connectivity index (χ2v) is 25.0. The number of hydrogen-bond donors (Lipinski definition) is 6. The number of aliphatic hydroxyl groups excluding tert-OH is 5. The summed E-state index contributed by atoms with van der Waals surface area (Å²) in [5, 5.41) is 57.2. The van der Waals surface area contributed by atoms with E-state index in [-0.39, 0.29) is 19.4 Å². The van der Waals surface area contributed by atoms with Crippen LogP contribution in [0, 0.1) is 0 Å². The molecule has 1 fully saturated rings. The van der Waals surface area contributed by atoms with Gasteiger partial charge in [-0.05, 0) is 96.3 Å². The van der Waals surface area contributed by atoms with Crippen LogP contribution < -0.4 is 5.32 Å². The fourth-order valence-electron chi connectivity index (χ4n) is 11.1. The van der Waals surface area contributed by atoms with Crippen molar-refractivity contribution in [2.45, 2.75) is 378 Å². The van der Waals surface area contributed by atoms with Crippen LogP contribution in [0.15, 0.2) is 72.9 Å². The van der Waals surface area contributed by atoms with Gasteiger partial charge < -0.3 is 45.1 Å². The topological polar surface area (TPSA) is 175 Å². The number of aliphatic hydroxyl groups is 5. The maximum atomic E-state index is 13.5. The lowest BCUT2D eigenvalue weighted by Gasteiger charge is -2.41. The number of esters is 1. The molecule has 500 valence electrons. The quantitative estimate of drug-likeness (QED) is 0.0195. The molecular weight excluding hydrogens is 1070 g/mol. The Morgan fingerprint density at radius 1 is 0.453 bits per heavy atom. The van der Waals surface area contributed by atoms with E-state index in [4.69, 9.17) is 14.2 Å². The van der Waals surface area contributed by atoms with Gasteiger partial charge in [-0.25, -0.2) is 0 Å². The molecule has 0 spiro atoms. The average molecular weight is 1210 g/mol. The molecule has 8 unspecified atom stereocenters. The molecule has 1 amide bonds. The Kier molecular flexibility index (Phi) is 58.8. The highest BCUT2D eigenvalue weighted by Crippen LogP contribution is 2.26. The average Bonchev–Trinajstić information content (AvgIpc) is 3.59. The molecule has 1 aliphatic rings. The molecule has 11 nitrogen and oxygen atoms in total. The minimum absolute atomic E-state index is 0.122. The molecule has 86 heavy (non-hydrogen) atoms. The molecule has 1 heterocycles. The first-order chi connectivity index (χ1) is 42.2. The maximum absolute atomic E-state index is 13.5. The van der Waals surface area contributed by atoms with Crippen LogP contribution >= 0.6 is 0 Å². The predicted molar refractivity (Wildman–Crippen MR) is 361 cm³/mol. The van der Waals surface area contributed by atoms with Crippen molar-refractivity contribution in [2.75, 3.05) is 13.2 Å². The summed E-state index contributed by atoms with van der Waals surface area (Å²) in [6, 6.07) is -1.03. The van der Waals surface area contributed by atoms with Crippen molar-refractivity contribution in [3.05, 3.63) is 72.9 Å². The lowest BCUT2D eigenvalue weighted by molar-refractivity contribution is -0.305. The second kappa shape index (κ2) is 62.3. The van der Waals surface area contributed by atoms with Crippen molar-refractivity contribution in [3.8, 4) is 0 Å². The molecule has 8 atom stereocenters. The van der Waals surface area contributed by atoms with Crippen molar-refractivity contribution in [1.82, 2.24) is 5.32 Å². The Labute approximate surface area is 528 Å². The fourth-order valence-corrected chi connectivity index (χ4v) is 11.1. The Balaban J connectivity index is 2.54. The molecule has 0 radical (unpaired) electrons. The highest BCUT2D eigenvalue weighted by Gasteiger charge is 2.47. The smallest absolute Gasteiger partial charge is 0.306 e. The molecule has 1 rings (SSSR count). The largest absolute Gasteiger partial charge is 0.454 e. The van der Waals surface area contributed by atoms with E-state index in [0.29, 0.717) is 12.8 Å². The van der Waals surface area contributed by atoms with Gasteiger partial charge in [-0.3, -0.25) is 9.59 Å². The van der Waals surface area contributed by atoms with Gasteiger partial charge in [0.2, 0.25) is 5.91 Å². The van der Waals surface area contributed by atoms with E-state index in [1.165, 1.54) is 193 Å². The summed E-state index contributed by atoms with van der Waals surface area (Å²) >= 11 is 0. The molecular formula is C75H135NO10. The van der Waals surface area contributed by atoms with Gasteiger partial charge in [-0.2, -0.15) is 0 Å². The minimum Gasteiger partial charge on any atom is -0.454 e. The third kappa shape index (κ3) is 49.0. The van der Waals surface area contributed by atoms with E-state index in [1.54, 1.807) is 6.08 Å². The first-order valence-corrected chi connectivity index (χ1v) is 36.2. The molecule has 0 aromatic carbocycles. The summed E-state index contributed by atoms with van der Waals surface area (Å²) in [6.45, 7) is 5.76. The number of unbranched alkanes of at least 4 members (excludes halogenated alkanes) is 38. The normalized spacial score (nSPS) is 18.7. The Bertz CT molecular complexity index is 1680. The van der Waals surface area contributed by atoms with Crippen molar-refractivity contribution in [2.24, 2.45) is 0 Å². The number of rotatable bonds is 62. The van der Waals surface area contributed by atoms with E-state index in [9.17, 15) is 35.1 Å². The number of carbonyl (C=O) groups excluding carboxylic acids is 2. The first-order valence-electron chi connectivity index (χ1n) is 36.2. The van der Waals surface area contributed by atoms with Crippen molar-refractivity contribution < 1.29 is 49.3 Å². The predicted octanol–water partition coefficient (Wildman–Crippen LogP) is 18.7. The SMILES string of the molecule is CCCCC/C=C\C/C=C\C/C=C\CCCCCCCC(O)C(=O)NC(COC1OC(CO)C(O)C(O)C1OC(=O)CCCCCCCCCCCCCCCCCCC/C=C\C/C=C\CCCCC)C(O)/C=C/CCCCCCCCCCCC. The lowest BCUT2D eigenvalue weighted by Crippen LogP contribution is -2.61. The standard InChI is InChI=1S/C75H135NO10/c1-4-7-10-13-16-19-22-25-27-29-31-32-33-34-35-36-37-38-39-41-43-45-48-51-54-57-60-63-70(80)86-73-72(82)71(81)69(64-77)85-75(73)84-65-66(67(78)61-58-55-52-49-46-24-21-18-15-12-9-6-3)76-74(83)68(79)62-59-56-53-50-47-44-42-40-30-28-26-23-20-17-14-11-8-5-2/h16-17,19-20,25-28,40,42,58,61,66-69,71-73,75,77-79,81-82H,4-15,18,21-24,29-39,41,43-57,59-60,62-65H2,1-3H3,(H,76,83)/b19-16-,20-17-,27-25-,28-26-,42-40-,61-58+. The van der Waals surface area contributed by atoms with E-state index in [2.05, 4.69) is 86.8 Å². The van der Waals surface area contributed by atoms with Gasteiger partial charge in [-0.1, -0.05) is 299 Å². The van der Waals surface area contributed by atoms with E-state index < -0.39 is 67.4 Å². The zero-order valence-electron chi connectivity index (χ0n) is 55.7. The summed E-state index contributed by atoms with van der Waals surface area (Å²) in [5.41, 5.74) is 0. The first kappa shape index (κ1) is 81.1. The van der Waals surface area contributed by atoms with Gasteiger partial charge in [-0.15, -0.1) is 0 Å². The van der Waals surface area contributed by atoms with Gasteiger partial charge in [0, 0.05) is 6.42 Å². The van der Waals surface area contributed by atoms with Gasteiger partial charge in [0.05, 0.1) is 25.4 Å². The number of nitrogens with one attached hydrogen (secondary N) is 1. The Hall–Kier alpha value is -2.90. The maximum Gasteiger partial charge on any atom is 0.306 e. The number of carbonyl (C=O) groups is 2.